The highest BCUT2D eigenvalue weighted by Gasteiger charge is 2.14. The average molecular weight is 257 g/mol. The number of aryl methyl sites for hydroxylation is 2. The van der Waals surface area contributed by atoms with E-state index in [4.69, 9.17) is 10.6 Å². The molecule has 0 fully saturated rings. The maximum Gasteiger partial charge on any atom is 0.122 e. The van der Waals surface area contributed by atoms with Gasteiger partial charge in [-0.05, 0) is 42.7 Å². The Bertz CT molecular complexity index is 552. The van der Waals surface area contributed by atoms with E-state index in [2.05, 4.69) is 10.4 Å². The van der Waals surface area contributed by atoms with Crippen LogP contribution in [0.1, 0.15) is 28.4 Å². The quantitative estimate of drug-likeness (QED) is 0.651. The van der Waals surface area contributed by atoms with Gasteiger partial charge in [0.1, 0.15) is 5.75 Å². The van der Waals surface area contributed by atoms with Crippen LogP contribution in [0.25, 0.3) is 0 Å². The van der Waals surface area contributed by atoms with Crippen LogP contribution in [0.3, 0.4) is 0 Å². The van der Waals surface area contributed by atoms with Crippen LogP contribution in [0, 0.1) is 13.8 Å². The molecule has 1 aromatic carbocycles. The lowest BCUT2D eigenvalue weighted by Gasteiger charge is -2.18. The molecule has 0 spiro atoms. The van der Waals surface area contributed by atoms with Gasteiger partial charge in [-0.3, -0.25) is 10.8 Å². The van der Waals surface area contributed by atoms with Gasteiger partial charge in [-0.1, -0.05) is 18.2 Å². The van der Waals surface area contributed by atoms with Crippen molar-refractivity contribution in [2.75, 3.05) is 7.11 Å². The number of nitrogens with two attached hydrogens (primary N) is 1. The van der Waals surface area contributed by atoms with Crippen LogP contribution in [-0.4, -0.2) is 12.1 Å². The van der Waals surface area contributed by atoms with E-state index in [0.717, 1.165) is 28.1 Å². The van der Waals surface area contributed by atoms with Gasteiger partial charge >= 0.3 is 0 Å². The summed E-state index contributed by atoms with van der Waals surface area (Å²) in [6, 6.07) is 9.98. The van der Waals surface area contributed by atoms with Gasteiger partial charge in [-0.2, -0.15) is 0 Å². The minimum absolute atomic E-state index is 0.0948. The number of pyridine rings is 1. The highest BCUT2D eigenvalue weighted by molar-refractivity contribution is 5.40. The van der Waals surface area contributed by atoms with Crippen molar-refractivity contribution in [1.82, 2.24) is 10.4 Å². The molecule has 1 aromatic heterocycles. The minimum atomic E-state index is -0.0948. The van der Waals surface area contributed by atoms with Crippen molar-refractivity contribution >= 4 is 0 Å². The molecule has 1 atom stereocenters. The molecule has 1 unspecified atom stereocenters. The van der Waals surface area contributed by atoms with E-state index in [1.165, 1.54) is 0 Å². The van der Waals surface area contributed by atoms with Crippen molar-refractivity contribution in [1.29, 1.82) is 0 Å². The van der Waals surface area contributed by atoms with Crippen molar-refractivity contribution < 1.29 is 4.74 Å². The second kappa shape index (κ2) is 5.82. The predicted molar refractivity (Wildman–Crippen MR) is 75.9 cm³/mol. The Labute approximate surface area is 113 Å². The number of rotatable bonds is 4. The molecule has 0 aliphatic rings. The second-order valence-electron chi connectivity index (χ2n) is 4.56. The third kappa shape index (κ3) is 2.92. The second-order valence-corrected chi connectivity index (χ2v) is 4.56. The van der Waals surface area contributed by atoms with Gasteiger partial charge in [0.25, 0.3) is 0 Å². The predicted octanol–water partition coefficient (Wildman–Crippen LogP) is 2.26. The molecule has 0 amide bonds. The van der Waals surface area contributed by atoms with Gasteiger partial charge < -0.3 is 4.74 Å². The summed E-state index contributed by atoms with van der Waals surface area (Å²) in [4.78, 5) is 4.31. The van der Waals surface area contributed by atoms with Crippen LogP contribution >= 0.6 is 0 Å². The van der Waals surface area contributed by atoms with Crippen LogP contribution in [0.4, 0.5) is 0 Å². The first kappa shape index (κ1) is 13.5. The standard InChI is InChI=1S/C15H19N3O/c1-10-4-6-12(8-14(10)19-3)15(18-16)13-7-5-11(2)17-9-13/h4-9,15,18H,16H2,1-3H3. The van der Waals surface area contributed by atoms with E-state index >= 15 is 0 Å². The fourth-order valence-corrected chi connectivity index (χ4v) is 2.05. The number of aromatic nitrogens is 1. The largest absolute Gasteiger partial charge is 0.496 e. The van der Waals surface area contributed by atoms with Gasteiger partial charge in [-0.25, -0.2) is 5.43 Å². The third-order valence-electron chi connectivity index (χ3n) is 3.20. The lowest BCUT2D eigenvalue weighted by Crippen LogP contribution is -2.29. The summed E-state index contributed by atoms with van der Waals surface area (Å²) in [6.07, 6.45) is 1.84. The molecule has 0 saturated carbocycles. The Morgan fingerprint density at radius 2 is 1.89 bits per heavy atom. The topological polar surface area (TPSA) is 60.2 Å². The van der Waals surface area contributed by atoms with Gasteiger partial charge in [-0.15, -0.1) is 0 Å². The molecule has 0 aliphatic carbocycles. The first-order valence-electron chi connectivity index (χ1n) is 6.19. The molecule has 2 aromatic rings. The van der Waals surface area contributed by atoms with Crippen LogP contribution in [-0.2, 0) is 0 Å². The summed E-state index contributed by atoms with van der Waals surface area (Å²) in [5, 5.41) is 0. The summed E-state index contributed by atoms with van der Waals surface area (Å²) in [6.45, 7) is 3.98. The fourth-order valence-electron chi connectivity index (χ4n) is 2.05. The van der Waals surface area contributed by atoms with Crippen molar-refractivity contribution in [3.05, 3.63) is 58.9 Å². The molecule has 3 N–H and O–H groups in total. The van der Waals surface area contributed by atoms with Gasteiger partial charge in [0.2, 0.25) is 0 Å². The Hall–Kier alpha value is -1.91. The number of nitrogens with one attached hydrogen (secondary N) is 1. The van der Waals surface area contributed by atoms with E-state index in [0.29, 0.717) is 0 Å². The van der Waals surface area contributed by atoms with Crippen molar-refractivity contribution in [2.45, 2.75) is 19.9 Å². The first-order valence-corrected chi connectivity index (χ1v) is 6.19. The normalized spacial score (nSPS) is 12.2. The molecule has 4 nitrogen and oxygen atoms in total. The van der Waals surface area contributed by atoms with Gasteiger partial charge in [0.05, 0.1) is 13.2 Å². The van der Waals surface area contributed by atoms with E-state index in [1.807, 2.05) is 50.4 Å². The molecule has 0 bridgehead atoms. The summed E-state index contributed by atoms with van der Waals surface area (Å²) >= 11 is 0. The zero-order valence-corrected chi connectivity index (χ0v) is 11.5. The molecule has 4 heteroatoms. The Morgan fingerprint density at radius 3 is 2.47 bits per heavy atom. The summed E-state index contributed by atoms with van der Waals surface area (Å²) in [5.74, 6) is 6.54. The van der Waals surface area contributed by atoms with Crippen molar-refractivity contribution in [3.8, 4) is 5.75 Å². The Balaban J connectivity index is 2.39. The van der Waals surface area contributed by atoms with E-state index in [-0.39, 0.29) is 6.04 Å². The zero-order chi connectivity index (χ0) is 13.8. The first-order chi connectivity index (χ1) is 9.15. The van der Waals surface area contributed by atoms with Crippen LogP contribution in [0.5, 0.6) is 5.75 Å². The smallest absolute Gasteiger partial charge is 0.122 e. The minimum Gasteiger partial charge on any atom is -0.496 e. The molecule has 1 heterocycles. The molecule has 19 heavy (non-hydrogen) atoms. The zero-order valence-electron chi connectivity index (χ0n) is 11.5. The third-order valence-corrected chi connectivity index (χ3v) is 3.20. The number of benzene rings is 1. The molecule has 100 valence electrons. The molecule has 0 saturated heterocycles. The number of nitrogens with zero attached hydrogens (tertiary/aromatic N) is 1. The summed E-state index contributed by atoms with van der Waals surface area (Å²) in [5.41, 5.74) is 7.00. The van der Waals surface area contributed by atoms with Gasteiger partial charge in [0.15, 0.2) is 0 Å². The highest BCUT2D eigenvalue weighted by Crippen LogP contribution is 2.26. The van der Waals surface area contributed by atoms with Gasteiger partial charge in [0, 0.05) is 11.9 Å². The average Bonchev–Trinajstić information content (AvgIpc) is 2.43. The summed E-state index contributed by atoms with van der Waals surface area (Å²) in [7, 11) is 1.67. The van der Waals surface area contributed by atoms with E-state index < -0.39 is 0 Å². The maximum atomic E-state index is 5.69. The number of hydrogen-bond acceptors (Lipinski definition) is 4. The SMILES string of the molecule is COc1cc(C(NN)c2ccc(C)nc2)ccc1C. The lowest BCUT2D eigenvalue weighted by molar-refractivity contribution is 0.410. The summed E-state index contributed by atoms with van der Waals surface area (Å²) < 4.78 is 5.35. The maximum absolute atomic E-state index is 5.69. The lowest BCUT2D eigenvalue weighted by atomic mass is 9.99. The van der Waals surface area contributed by atoms with Crippen LogP contribution in [0.15, 0.2) is 36.5 Å². The number of hydrazine groups is 1. The molecule has 0 aliphatic heterocycles. The number of methoxy groups -OCH3 is 1. The van der Waals surface area contributed by atoms with E-state index in [1.54, 1.807) is 7.11 Å². The Morgan fingerprint density at radius 1 is 1.16 bits per heavy atom. The number of hydrogen-bond donors (Lipinski definition) is 2. The molecular weight excluding hydrogens is 238 g/mol. The highest BCUT2D eigenvalue weighted by atomic mass is 16.5. The molecular formula is C15H19N3O. The monoisotopic (exact) mass is 257 g/mol. The Kier molecular flexibility index (Phi) is 4.14. The van der Waals surface area contributed by atoms with Crippen LogP contribution in [0.2, 0.25) is 0 Å². The molecule has 2 rings (SSSR count). The van der Waals surface area contributed by atoms with E-state index in [9.17, 15) is 0 Å². The molecule has 0 radical (unpaired) electrons. The van der Waals surface area contributed by atoms with Crippen LogP contribution < -0.4 is 16.0 Å². The van der Waals surface area contributed by atoms with Crippen molar-refractivity contribution in [3.63, 3.8) is 0 Å². The van der Waals surface area contributed by atoms with Crippen molar-refractivity contribution in [2.24, 2.45) is 5.84 Å². The fraction of sp³-hybridized carbons (Fsp3) is 0.267. The number of ether oxygens (including phenoxy) is 1.